The minimum Gasteiger partial charge on any atom is -0.467 e. The largest absolute Gasteiger partial charge is 0.467 e. The van der Waals surface area contributed by atoms with E-state index in [-0.39, 0.29) is 11.8 Å². The van der Waals surface area contributed by atoms with Crippen LogP contribution in [0, 0.1) is 5.92 Å². The predicted octanol–water partition coefficient (Wildman–Crippen LogP) is 0.858. The van der Waals surface area contributed by atoms with Crippen LogP contribution < -0.4 is 9.64 Å². The van der Waals surface area contributed by atoms with Crippen LogP contribution in [0.1, 0.15) is 32.1 Å². The fourth-order valence-corrected chi connectivity index (χ4v) is 4.76. The average Bonchev–Trinajstić information content (AvgIpc) is 3.35. The molecule has 3 fully saturated rings. The first-order valence-electron chi connectivity index (χ1n) is 11.5. The van der Waals surface area contributed by atoms with Crippen molar-refractivity contribution in [1.29, 1.82) is 0 Å². The highest BCUT2D eigenvalue weighted by Crippen LogP contribution is 2.25. The maximum atomic E-state index is 12.8. The van der Waals surface area contributed by atoms with Crippen molar-refractivity contribution in [1.82, 2.24) is 24.7 Å². The predicted molar refractivity (Wildman–Crippen MR) is 117 cm³/mol. The number of piperazine rings is 1. The van der Waals surface area contributed by atoms with Gasteiger partial charge in [0.2, 0.25) is 11.8 Å². The Kier molecular flexibility index (Phi) is 7.21. The number of hydrogen-bond acceptors (Lipinski definition) is 7. The van der Waals surface area contributed by atoms with Gasteiger partial charge in [0.15, 0.2) is 0 Å². The molecular weight excluding hydrogens is 396 g/mol. The van der Waals surface area contributed by atoms with Crippen molar-refractivity contribution in [2.45, 2.75) is 32.1 Å². The zero-order valence-corrected chi connectivity index (χ0v) is 18.5. The number of amides is 2. The molecule has 0 aromatic carbocycles. The number of carbonyl (C=O) groups is 2. The first kappa shape index (κ1) is 21.8. The van der Waals surface area contributed by atoms with Crippen molar-refractivity contribution in [3.63, 3.8) is 0 Å². The molecule has 170 valence electrons. The van der Waals surface area contributed by atoms with E-state index < -0.39 is 0 Å². The van der Waals surface area contributed by atoms with E-state index in [1.165, 1.54) is 0 Å². The minimum atomic E-state index is 0.241. The Morgan fingerprint density at radius 2 is 1.65 bits per heavy atom. The quantitative estimate of drug-likeness (QED) is 0.662. The summed E-state index contributed by atoms with van der Waals surface area (Å²) in [5.41, 5.74) is 0. The summed E-state index contributed by atoms with van der Waals surface area (Å²) in [6, 6.07) is 2.29. The van der Waals surface area contributed by atoms with Gasteiger partial charge in [-0.25, -0.2) is 4.98 Å². The van der Waals surface area contributed by atoms with Crippen LogP contribution in [-0.2, 0) is 9.59 Å². The van der Waals surface area contributed by atoms with Gasteiger partial charge in [0.05, 0.1) is 13.7 Å². The Hall–Kier alpha value is -2.42. The second-order valence-corrected chi connectivity index (χ2v) is 8.78. The Bertz CT molecular complexity index is 753. The van der Waals surface area contributed by atoms with Gasteiger partial charge >= 0.3 is 6.01 Å². The molecular formula is C22H34N6O3. The van der Waals surface area contributed by atoms with E-state index >= 15 is 0 Å². The highest BCUT2D eigenvalue weighted by Gasteiger charge is 2.28. The fraction of sp³-hybridized carbons (Fsp3) is 0.727. The van der Waals surface area contributed by atoms with Crippen LogP contribution in [0.4, 0.5) is 5.82 Å². The lowest BCUT2D eigenvalue weighted by molar-refractivity contribution is -0.135. The molecule has 31 heavy (non-hydrogen) atoms. The molecule has 0 saturated carbocycles. The Morgan fingerprint density at radius 3 is 2.32 bits per heavy atom. The van der Waals surface area contributed by atoms with E-state index in [4.69, 9.17) is 4.74 Å². The molecule has 4 rings (SSSR count). The van der Waals surface area contributed by atoms with Crippen molar-refractivity contribution < 1.29 is 14.3 Å². The number of carbonyl (C=O) groups excluding carboxylic acids is 2. The first-order valence-corrected chi connectivity index (χ1v) is 11.5. The maximum absolute atomic E-state index is 12.8. The van der Waals surface area contributed by atoms with Crippen molar-refractivity contribution in [3.05, 3.63) is 12.3 Å². The van der Waals surface area contributed by atoms with Crippen LogP contribution in [0.3, 0.4) is 0 Å². The van der Waals surface area contributed by atoms with E-state index in [1.54, 1.807) is 13.3 Å². The zero-order chi connectivity index (χ0) is 21.6. The summed E-state index contributed by atoms with van der Waals surface area (Å²) in [5, 5.41) is 0. The third-order valence-corrected chi connectivity index (χ3v) is 6.75. The number of likely N-dealkylation sites (tertiary alicyclic amines) is 1. The lowest BCUT2D eigenvalue weighted by Gasteiger charge is -2.37. The molecule has 9 heteroatoms. The molecule has 0 unspecified atom stereocenters. The molecule has 0 radical (unpaired) electrons. The van der Waals surface area contributed by atoms with Crippen molar-refractivity contribution in [2.24, 2.45) is 5.92 Å². The maximum Gasteiger partial charge on any atom is 0.318 e. The standard InChI is InChI=1S/C22H34N6O3/c1-31-22-23-7-4-19(24-22)26-10-5-18(6-11-26)16-20(29)28-14-12-25(13-15-28)17-21(30)27-8-2-3-9-27/h4,7,18H,2-3,5-6,8-17H2,1H3. The average molecular weight is 431 g/mol. The molecule has 3 saturated heterocycles. The molecule has 1 aromatic rings. The number of piperidine rings is 1. The zero-order valence-electron chi connectivity index (χ0n) is 18.5. The molecule has 0 N–H and O–H groups in total. The summed E-state index contributed by atoms with van der Waals surface area (Å²) in [5.74, 6) is 1.80. The van der Waals surface area contributed by atoms with E-state index in [1.807, 2.05) is 15.9 Å². The Balaban J connectivity index is 1.17. The smallest absolute Gasteiger partial charge is 0.318 e. The Labute approximate surface area is 184 Å². The molecule has 4 heterocycles. The van der Waals surface area contributed by atoms with Gasteiger partial charge in [0, 0.05) is 65.0 Å². The molecule has 0 aliphatic carbocycles. The number of ether oxygens (including phenoxy) is 1. The second kappa shape index (κ2) is 10.3. The molecule has 0 bridgehead atoms. The highest BCUT2D eigenvalue weighted by atomic mass is 16.5. The van der Waals surface area contributed by atoms with Crippen LogP contribution in [0.2, 0.25) is 0 Å². The first-order chi connectivity index (χ1) is 15.1. The monoisotopic (exact) mass is 430 g/mol. The molecule has 1 aromatic heterocycles. The van der Waals surface area contributed by atoms with E-state index in [0.717, 1.165) is 83.9 Å². The topological polar surface area (TPSA) is 82.1 Å². The van der Waals surface area contributed by atoms with Gasteiger partial charge in [-0.3, -0.25) is 14.5 Å². The van der Waals surface area contributed by atoms with Gasteiger partial charge < -0.3 is 19.4 Å². The van der Waals surface area contributed by atoms with Gasteiger partial charge in [-0.05, 0) is 37.7 Å². The van der Waals surface area contributed by atoms with E-state index in [0.29, 0.717) is 24.9 Å². The summed E-state index contributed by atoms with van der Waals surface area (Å²) in [7, 11) is 1.57. The van der Waals surface area contributed by atoms with Gasteiger partial charge in [0.1, 0.15) is 5.82 Å². The van der Waals surface area contributed by atoms with E-state index in [9.17, 15) is 9.59 Å². The van der Waals surface area contributed by atoms with Crippen LogP contribution in [0.5, 0.6) is 6.01 Å². The second-order valence-electron chi connectivity index (χ2n) is 8.78. The summed E-state index contributed by atoms with van der Waals surface area (Å²) in [6.07, 6.45) is 6.56. The SMILES string of the molecule is COc1nccc(N2CCC(CC(=O)N3CCN(CC(=O)N4CCCC4)CC3)CC2)n1. The third kappa shape index (κ3) is 5.64. The van der Waals surface area contributed by atoms with Gasteiger partial charge in [-0.2, -0.15) is 4.98 Å². The highest BCUT2D eigenvalue weighted by molar-refractivity contribution is 5.79. The number of hydrogen-bond donors (Lipinski definition) is 0. The molecule has 3 aliphatic rings. The third-order valence-electron chi connectivity index (χ3n) is 6.75. The summed E-state index contributed by atoms with van der Waals surface area (Å²) in [6.45, 7) is 7.13. The summed E-state index contributed by atoms with van der Waals surface area (Å²) >= 11 is 0. The molecule has 2 amide bonds. The van der Waals surface area contributed by atoms with Crippen LogP contribution in [0.25, 0.3) is 0 Å². The van der Waals surface area contributed by atoms with Gasteiger partial charge in [-0.15, -0.1) is 0 Å². The number of nitrogens with zero attached hydrogens (tertiary/aromatic N) is 6. The van der Waals surface area contributed by atoms with Crippen LogP contribution in [-0.4, -0.2) is 102 Å². The molecule has 9 nitrogen and oxygen atoms in total. The number of methoxy groups -OCH3 is 1. The van der Waals surface area contributed by atoms with Crippen LogP contribution in [0.15, 0.2) is 12.3 Å². The fourth-order valence-electron chi connectivity index (χ4n) is 4.76. The number of rotatable bonds is 6. The molecule has 3 aliphatic heterocycles. The van der Waals surface area contributed by atoms with Crippen molar-refractivity contribution in [3.8, 4) is 6.01 Å². The summed E-state index contributed by atoms with van der Waals surface area (Å²) in [4.78, 5) is 42.0. The van der Waals surface area contributed by atoms with Gasteiger partial charge in [-0.1, -0.05) is 0 Å². The minimum absolute atomic E-state index is 0.241. The summed E-state index contributed by atoms with van der Waals surface area (Å²) < 4.78 is 5.12. The van der Waals surface area contributed by atoms with Crippen molar-refractivity contribution >= 4 is 17.6 Å². The Morgan fingerprint density at radius 1 is 0.968 bits per heavy atom. The normalized spacial score (nSPS) is 20.9. The molecule has 0 atom stereocenters. The number of aromatic nitrogens is 2. The number of anilines is 1. The van der Waals surface area contributed by atoms with Crippen LogP contribution >= 0.6 is 0 Å². The van der Waals surface area contributed by atoms with Gasteiger partial charge in [0.25, 0.3) is 0 Å². The van der Waals surface area contributed by atoms with E-state index in [2.05, 4.69) is 19.8 Å². The lowest BCUT2D eigenvalue weighted by atomic mass is 9.93. The molecule has 0 spiro atoms. The van der Waals surface area contributed by atoms with Crippen molar-refractivity contribution in [2.75, 3.05) is 70.9 Å². The lowest BCUT2D eigenvalue weighted by Crippen LogP contribution is -2.51.